The summed E-state index contributed by atoms with van der Waals surface area (Å²) >= 11 is 0. The van der Waals surface area contributed by atoms with Crippen molar-refractivity contribution in [3.05, 3.63) is 35.5 Å². The van der Waals surface area contributed by atoms with Crippen molar-refractivity contribution in [3.63, 3.8) is 0 Å². The molecule has 0 saturated heterocycles. The molecular formula is C21H26N2O. The predicted molar refractivity (Wildman–Crippen MR) is 96.3 cm³/mol. The highest BCUT2D eigenvalue weighted by Crippen LogP contribution is 2.61. The zero-order valence-corrected chi connectivity index (χ0v) is 14.4. The summed E-state index contributed by atoms with van der Waals surface area (Å²) in [6, 6.07) is 8.68. The molecule has 0 radical (unpaired) electrons. The average molecular weight is 322 g/mol. The molecule has 1 aliphatic heterocycles. The molecule has 2 heterocycles. The Bertz CT molecular complexity index is 832. The van der Waals surface area contributed by atoms with Crippen LogP contribution < -0.4 is 5.73 Å². The lowest BCUT2D eigenvalue weighted by atomic mass is 9.52. The summed E-state index contributed by atoms with van der Waals surface area (Å²) in [4.78, 5) is 13.2. The van der Waals surface area contributed by atoms with Crippen LogP contribution >= 0.6 is 0 Å². The van der Waals surface area contributed by atoms with Crippen LogP contribution in [0.2, 0.25) is 0 Å². The van der Waals surface area contributed by atoms with Gasteiger partial charge >= 0.3 is 0 Å². The molecule has 126 valence electrons. The second-order valence-electron chi connectivity index (χ2n) is 8.30. The van der Waals surface area contributed by atoms with E-state index >= 15 is 0 Å². The van der Waals surface area contributed by atoms with Gasteiger partial charge in [-0.2, -0.15) is 0 Å². The van der Waals surface area contributed by atoms with E-state index in [4.69, 9.17) is 5.73 Å². The molecule has 3 nitrogen and oxygen atoms in total. The summed E-state index contributed by atoms with van der Waals surface area (Å²) in [5.41, 5.74) is 10.7. The first kappa shape index (κ1) is 14.7. The van der Waals surface area contributed by atoms with Gasteiger partial charge in [0, 0.05) is 29.5 Å². The Kier molecular flexibility index (Phi) is 3.03. The van der Waals surface area contributed by atoms with Crippen LogP contribution in [0, 0.1) is 11.3 Å². The molecule has 5 rings (SSSR count). The summed E-state index contributed by atoms with van der Waals surface area (Å²) in [5.74, 6) is 1.34. The van der Waals surface area contributed by atoms with Crippen LogP contribution in [0.15, 0.2) is 24.3 Å². The van der Waals surface area contributed by atoms with Crippen LogP contribution in [0.1, 0.15) is 67.4 Å². The molecule has 0 bridgehead atoms. The smallest absolute Gasteiger partial charge is 0.231 e. The number of para-hydroxylation sites is 1. The van der Waals surface area contributed by atoms with Gasteiger partial charge in [0.15, 0.2) is 0 Å². The number of carbonyl (C=O) groups is 1. The molecule has 4 atom stereocenters. The highest BCUT2D eigenvalue weighted by Gasteiger charge is 2.55. The molecule has 2 aliphatic carbocycles. The Morgan fingerprint density at radius 1 is 1.33 bits per heavy atom. The third kappa shape index (κ3) is 1.69. The number of nitrogens with zero attached hydrogens (tertiary/aromatic N) is 1. The Balaban J connectivity index is 1.85. The van der Waals surface area contributed by atoms with E-state index in [9.17, 15) is 4.79 Å². The van der Waals surface area contributed by atoms with Gasteiger partial charge in [0.2, 0.25) is 5.91 Å². The van der Waals surface area contributed by atoms with Crippen molar-refractivity contribution >= 4 is 16.8 Å². The average Bonchev–Trinajstić information content (AvgIpc) is 2.90. The Morgan fingerprint density at radius 2 is 2.17 bits per heavy atom. The molecule has 0 unspecified atom stereocenters. The molecule has 1 aromatic carbocycles. The fourth-order valence-electron chi connectivity index (χ4n) is 6.39. The Labute approximate surface area is 143 Å². The van der Waals surface area contributed by atoms with Crippen molar-refractivity contribution in [3.8, 4) is 0 Å². The van der Waals surface area contributed by atoms with E-state index < -0.39 is 0 Å². The van der Waals surface area contributed by atoms with Crippen molar-refractivity contribution in [1.82, 2.24) is 4.57 Å². The second kappa shape index (κ2) is 4.95. The SMILES string of the molecule is CCC[C@@]12CCC[C@H]3[C@H](N)Cc4c(n(c5ccccc45)C(=O)C1)[C@H]32. The van der Waals surface area contributed by atoms with Crippen molar-refractivity contribution in [1.29, 1.82) is 0 Å². The number of fused-ring (bicyclic) bond motifs is 3. The van der Waals surface area contributed by atoms with Gasteiger partial charge in [-0.25, -0.2) is 0 Å². The van der Waals surface area contributed by atoms with E-state index in [1.165, 1.54) is 35.9 Å². The van der Waals surface area contributed by atoms with Gasteiger partial charge in [-0.1, -0.05) is 38.0 Å². The summed E-state index contributed by atoms with van der Waals surface area (Å²) in [5, 5.41) is 1.26. The van der Waals surface area contributed by atoms with E-state index in [0.717, 1.165) is 24.8 Å². The van der Waals surface area contributed by atoms with Crippen LogP contribution in [-0.4, -0.2) is 16.5 Å². The Hall–Kier alpha value is -1.61. The lowest BCUT2D eigenvalue weighted by molar-refractivity contribution is 0.0296. The third-order valence-corrected chi connectivity index (χ3v) is 7.11. The topological polar surface area (TPSA) is 48.0 Å². The largest absolute Gasteiger partial charge is 0.327 e. The lowest BCUT2D eigenvalue weighted by Gasteiger charge is -2.54. The summed E-state index contributed by atoms with van der Waals surface area (Å²) in [6.45, 7) is 2.26. The van der Waals surface area contributed by atoms with E-state index in [-0.39, 0.29) is 11.5 Å². The zero-order valence-electron chi connectivity index (χ0n) is 14.4. The number of aromatic nitrogens is 1. The maximum atomic E-state index is 13.2. The molecule has 3 aliphatic rings. The van der Waals surface area contributed by atoms with Gasteiger partial charge in [0.25, 0.3) is 0 Å². The van der Waals surface area contributed by atoms with Crippen LogP contribution in [0.25, 0.3) is 10.9 Å². The first-order valence-electron chi connectivity index (χ1n) is 9.57. The molecule has 2 aromatic rings. The normalized spacial score (nSPS) is 34.4. The molecule has 1 saturated carbocycles. The fourth-order valence-corrected chi connectivity index (χ4v) is 6.39. The fraction of sp³-hybridized carbons (Fsp3) is 0.571. The highest BCUT2D eigenvalue weighted by atomic mass is 16.2. The van der Waals surface area contributed by atoms with Crippen molar-refractivity contribution in [2.45, 2.75) is 63.8 Å². The predicted octanol–water partition coefficient (Wildman–Crippen LogP) is 4.24. The number of nitrogens with two attached hydrogens (primary N) is 1. The van der Waals surface area contributed by atoms with Gasteiger partial charge in [-0.3, -0.25) is 9.36 Å². The zero-order chi connectivity index (χ0) is 16.5. The van der Waals surface area contributed by atoms with Crippen LogP contribution in [-0.2, 0) is 6.42 Å². The van der Waals surface area contributed by atoms with Gasteiger partial charge in [-0.05, 0) is 48.6 Å². The van der Waals surface area contributed by atoms with E-state index in [1.54, 1.807) is 0 Å². The highest BCUT2D eigenvalue weighted by molar-refractivity contribution is 5.98. The minimum Gasteiger partial charge on any atom is -0.327 e. The van der Waals surface area contributed by atoms with Gasteiger partial charge < -0.3 is 5.73 Å². The van der Waals surface area contributed by atoms with E-state index in [2.05, 4.69) is 35.8 Å². The number of benzene rings is 1. The molecule has 3 heteroatoms. The number of hydrogen-bond acceptors (Lipinski definition) is 2. The molecule has 1 aromatic heterocycles. The maximum absolute atomic E-state index is 13.2. The van der Waals surface area contributed by atoms with Gasteiger partial charge in [-0.15, -0.1) is 0 Å². The number of carbonyl (C=O) groups excluding carboxylic acids is 1. The van der Waals surface area contributed by atoms with E-state index in [0.29, 0.717) is 24.2 Å². The molecule has 1 fully saturated rings. The van der Waals surface area contributed by atoms with Crippen molar-refractivity contribution < 1.29 is 4.79 Å². The van der Waals surface area contributed by atoms with Gasteiger partial charge in [0.05, 0.1) is 5.52 Å². The lowest BCUT2D eigenvalue weighted by Crippen LogP contribution is -2.53. The Morgan fingerprint density at radius 3 is 3.00 bits per heavy atom. The summed E-state index contributed by atoms with van der Waals surface area (Å²) in [7, 11) is 0. The minimum absolute atomic E-state index is 0.159. The summed E-state index contributed by atoms with van der Waals surface area (Å²) < 4.78 is 2.08. The minimum atomic E-state index is 0.159. The second-order valence-corrected chi connectivity index (χ2v) is 8.30. The molecular weight excluding hydrogens is 296 g/mol. The van der Waals surface area contributed by atoms with E-state index in [1.807, 2.05) is 0 Å². The third-order valence-electron chi connectivity index (χ3n) is 7.11. The first-order chi connectivity index (χ1) is 11.7. The quantitative estimate of drug-likeness (QED) is 0.899. The monoisotopic (exact) mass is 322 g/mol. The molecule has 2 N–H and O–H groups in total. The molecule has 24 heavy (non-hydrogen) atoms. The maximum Gasteiger partial charge on any atom is 0.231 e. The number of hydrogen-bond donors (Lipinski definition) is 1. The molecule has 0 amide bonds. The van der Waals surface area contributed by atoms with Crippen LogP contribution in [0.3, 0.4) is 0 Å². The first-order valence-corrected chi connectivity index (χ1v) is 9.57. The van der Waals surface area contributed by atoms with Crippen molar-refractivity contribution in [2.75, 3.05) is 0 Å². The van der Waals surface area contributed by atoms with Crippen molar-refractivity contribution in [2.24, 2.45) is 17.1 Å². The van der Waals surface area contributed by atoms with Gasteiger partial charge in [0.1, 0.15) is 0 Å². The van der Waals surface area contributed by atoms with Crippen LogP contribution in [0.4, 0.5) is 0 Å². The van der Waals surface area contributed by atoms with Crippen LogP contribution in [0.5, 0.6) is 0 Å². The molecule has 0 spiro atoms. The standard InChI is InChI=1S/C21H26N2O/c1-2-9-21-10-5-7-14-16(22)11-15-13-6-3-4-8-17(13)23(18(24)12-21)20(15)19(14)21/h3-4,6,8,14,16,19H,2,5,7,9-12,22H2,1H3/t14-,16+,19-,21+/m0/s1. The summed E-state index contributed by atoms with van der Waals surface area (Å²) in [6.07, 6.45) is 7.61. The number of rotatable bonds is 2.